The van der Waals surface area contributed by atoms with E-state index in [4.69, 9.17) is 0 Å². The second-order valence-corrected chi connectivity index (χ2v) is 4.85. The first kappa shape index (κ1) is 13.9. The highest BCUT2D eigenvalue weighted by Crippen LogP contribution is 2.30. The van der Waals surface area contributed by atoms with Crippen molar-refractivity contribution in [2.45, 2.75) is 25.9 Å². The van der Waals surface area contributed by atoms with E-state index in [9.17, 15) is 13.2 Å². The third-order valence-electron chi connectivity index (χ3n) is 3.33. The van der Waals surface area contributed by atoms with Gasteiger partial charge in [-0.3, -0.25) is 0 Å². The van der Waals surface area contributed by atoms with E-state index in [1.807, 2.05) is 4.90 Å². The Morgan fingerprint density at radius 3 is 2.42 bits per heavy atom. The van der Waals surface area contributed by atoms with Gasteiger partial charge in [-0.25, -0.2) is 9.97 Å². The fraction of sp³-hybridized carbons (Fsp3) is 0.667. The number of anilines is 2. The number of hydrogen-bond donors (Lipinski definition) is 1. The molecule has 1 fully saturated rings. The van der Waals surface area contributed by atoms with Gasteiger partial charge in [-0.15, -0.1) is 0 Å². The van der Waals surface area contributed by atoms with Gasteiger partial charge < -0.3 is 10.2 Å². The molecular weight excluding hydrogens is 257 g/mol. The Balaban J connectivity index is 2.29. The third-order valence-corrected chi connectivity index (χ3v) is 3.33. The lowest BCUT2D eigenvalue weighted by molar-refractivity contribution is -0.144. The maximum Gasteiger partial charge on any atom is 0.451 e. The molecule has 0 spiro atoms. The summed E-state index contributed by atoms with van der Waals surface area (Å²) in [6.07, 6.45) is -2.58. The van der Waals surface area contributed by atoms with Crippen molar-refractivity contribution in [3.05, 3.63) is 11.9 Å². The predicted octanol–water partition coefficient (Wildman–Crippen LogP) is 2.77. The van der Waals surface area contributed by atoms with E-state index in [2.05, 4.69) is 22.2 Å². The molecule has 0 aliphatic carbocycles. The van der Waals surface area contributed by atoms with Crippen LogP contribution in [0.3, 0.4) is 0 Å². The largest absolute Gasteiger partial charge is 0.451 e. The molecule has 0 aromatic carbocycles. The third kappa shape index (κ3) is 3.27. The van der Waals surface area contributed by atoms with Crippen LogP contribution in [0, 0.1) is 5.92 Å². The van der Waals surface area contributed by atoms with E-state index in [0.717, 1.165) is 25.9 Å². The Kier molecular flexibility index (Phi) is 3.82. The number of hydrogen-bond acceptors (Lipinski definition) is 4. The number of piperidine rings is 1. The average Bonchev–Trinajstić information content (AvgIpc) is 2.38. The molecule has 1 aliphatic rings. The molecule has 1 aromatic rings. The van der Waals surface area contributed by atoms with E-state index in [1.54, 1.807) is 13.1 Å². The fourth-order valence-corrected chi connectivity index (χ4v) is 2.09. The molecule has 0 bridgehead atoms. The van der Waals surface area contributed by atoms with Crippen LogP contribution in [-0.4, -0.2) is 30.1 Å². The minimum atomic E-state index is -4.52. The van der Waals surface area contributed by atoms with Crippen LogP contribution in [0.5, 0.6) is 0 Å². The van der Waals surface area contributed by atoms with E-state index in [1.165, 1.54) is 0 Å². The second kappa shape index (κ2) is 5.22. The smallest absolute Gasteiger partial charge is 0.373 e. The number of nitrogens with zero attached hydrogens (tertiary/aromatic N) is 3. The topological polar surface area (TPSA) is 41.0 Å². The van der Waals surface area contributed by atoms with Crippen molar-refractivity contribution in [3.63, 3.8) is 0 Å². The average molecular weight is 274 g/mol. The van der Waals surface area contributed by atoms with Crippen LogP contribution in [0.1, 0.15) is 25.6 Å². The zero-order chi connectivity index (χ0) is 14.0. The molecule has 0 radical (unpaired) electrons. The van der Waals surface area contributed by atoms with E-state index >= 15 is 0 Å². The molecule has 1 saturated heterocycles. The summed E-state index contributed by atoms with van der Waals surface area (Å²) in [5, 5.41) is 2.65. The SMILES string of the molecule is CNc1cc(N2CCC(C)CC2)nc(C(F)(F)F)n1. The summed E-state index contributed by atoms with van der Waals surface area (Å²) in [7, 11) is 1.55. The normalized spacial score (nSPS) is 17.6. The van der Waals surface area contributed by atoms with Gasteiger partial charge in [0.25, 0.3) is 0 Å². The molecular formula is C12H17F3N4. The standard InChI is InChI=1S/C12H17F3N4/c1-8-3-5-19(6-4-8)10-7-9(16-2)17-11(18-10)12(13,14)15/h7-8H,3-6H2,1-2H3,(H,16,17,18). The predicted molar refractivity (Wildman–Crippen MR) is 67.2 cm³/mol. The Bertz CT molecular complexity index is 439. The molecule has 4 nitrogen and oxygen atoms in total. The molecule has 2 rings (SSSR count). The van der Waals surface area contributed by atoms with Crippen LogP contribution in [0.2, 0.25) is 0 Å². The van der Waals surface area contributed by atoms with Crippen LogP contribution < -0.4 is 10.2 Å². The molecule has 0 amide bonds. The Labute approximate surface area is 110 Å². The Morgan fingerprint density at radius 1 is 1.26 bits per heavy atom. The van der Waals surface area contributed by atoms with Crippen molar-refractivity contribution in [2.24, 2.45) is 5.92 Å². The van der Waals surface area contributed by atoms with Crippen molar-refractivity contribution in [3.8, 4) is 0 Å². The van der Waals surface area contributed by atoms with Gasteiger partial charge in [0.2, 0.25) is 5.82 Å². The van der Waals surface area contributed by atoms with Crippen LogP contribution >= 0.6 is 0 Å². The van der Waals surface area contributed by atoms with E-state index in [0.29, 0.717) is 11.7 Å². The fourth-order valence-electron chi connectivity index (χ4n) is 2.09. The molecule has 0 saturated carbocycles. The van der Waals surface area contributed by atoms with Gasteiger partial charge in [-0.05, 0) is 18.8 Å². The zero-order valence-corrected chi connectivity index (χ0v) is 11.0. The minimum Gasteiger partial charge on any atom is -0.373 e. The minimum absolute atomic E-state index is 0.191. The molecule has 2 heterocycles. The van der Waals surface area contributed by atoms with Gasteiger partial charge in [0.1, 0.15) is 11.6 Å². The molecule has 7 heteroatoms. The van der Waals surface area contributed by atoms with E-state index < -0.39 is 12.0 Å². The van der Waals surface area contributed by atoms with Gasteiger partial charge in [-0.2, -0.15) is 13.2 Å². The van der Waals surface area contributed by atoms with Crippen LogP contribution in [0.15, 0.2) is 6.07 Å². The number of nitrogens with one attached hydrogen (secondary N) is 1. The van der Waals surface area contributed by atoms with Crippen molar-refractivity contribution in [1.29, 1.82) is 0 Å². The van der Waals surface area contributed by atoms with Crippen LogP contribution in [0.25, 0.3) is 0 Å². The molecule has 1 N–H and O–H groups in total. The number of rotatable bonds is 2. The lowest BCUT2D eigenvalue weighted by Crippen LogP contribution is -2.34. The maximum atomic E-state index is 12.7. The highest BCUT2D eigenvalue weighted by molar-refractivity contribution is 5.49. The van der Waals surface area contributed by atoms with Crippen molar-refractivity contribution in [2.75, 3.05) is 30.4 Å². The summed E-state index contributed by atoms with van der Waals surface area (Å²) in [6.45, 7) is 3.62. The van der Waals surface area contributed by atoms with Crippen LogP contribution in [-0.2, 0) is 6.18 Å². The first-order chi connectivity index (χ1) is 8.90. The first-order valence-electron chi connectivity index (χ1n) is 6.29. The summed E-state index contributed by atoms with van der Waals surface area (Å²) in [4.78, 5) is 9.00. The maximum absolute atomic E-state index is 12.7. The highest BCUT2D eigenvalue weighted by atomic mass is 19.4. The summed E-state index contributed by atoms with van der Waals surface area (Å²) in [5.41, 5.74) is 0. The lowest BCUT2D eigenvalue weighted by Gasteiger charge is -2.31. The van der Waals surface area contributed by atoms with Gasteiger partial charge in [-0.1, -0.05) is 6.92 Å². The van der Waals surface area contributed by atoms with Gasteiger partial charge in [0.05, 0.1) is 0 Å². The molecule has 1 aromatic heterocycles. The summed E-state index contributed by atoms with van der Waals surface area (Å²) in [6, 6.07) is 1.56. The van der Waals surface area contributed by atoms with E-state index in [-0.39, 0.29) is 5.82 Å². The quantitative estimate of drug-likeness (QED) is 0.900. The number of alkyl halides is 3. The summed E-state index contributed by atoms with van der Waals surface area (Å²) >= 11 is 0. The lowest BCUT2D eigenvalue weighted by atomic mass is 9.99. The number of aromatic nitrogens is 2. The van der Waals surface area contributed by atoms with Crippen molar-refractivity contribution in [1.82, 2.24) is 9.97 Å². The Morgan fingerprint density at radius 2 is 1.89 bits per heavy atom. The first-order valence-corrected chi connectivity index (χ1v) is 6.29. The molecule has 0 atom stereocenters. The van der Waals surface area contributed by atoms with Gasteiger partial charge in [0, 0.05) is 26.2 Å². The zero-order valence-electron chi connectivity index (χ0n) is 11.0. The molecule has 0 unspecified atom stereocenters. The van der Waals surface area contributed by atoms with Crippen LogP contribution in [0.4, 0.5) is 24.8 Å². The molecule has 1 aliphatic heterocycles. The summed E-state index contributed by atoms with van der Waals surface area (Å²) < 4.78 is 38.2. The van der Waals surface area contributed by atoms with Crippen molar-refractivity contribution < 1.29 is 13.2 Å². The van der Waals surface area contributed by atoms with Gasteiger partial charge >= 0.3 is 6.18 Å². The molecule has 19 heavy (non-hydrogen) atoms. The second-order valence-electron chi connectivity index (χ2n) is 4.85. The highest BCUT2D eigenvalue weighted by Gasteiger charge is 2.36. The number of halogens is 3. The monoisotopic (exact) mass is 274 g/mol. The van der Waals surface area contributed by atoms with Crippen molar-refractivity contribution >= 4 is 11.6 Å². The molecule has 106 valence electrons. The Hall–Kier alpha value is -1.53. The van der Waals surface area contributed by atoms with Gasteiger partial charge in [0.15, 0.2) is 0 Å². The summed E-state index contributed by atoms with van der Waals surface area (Å²) in [5.74, 6) is 0.0615.